The molecule has 0 saturated carbocycles. The van der Waals surface area contributed by atoms with Crippen molar-refractivity contribution in [2.24, 2.45) is 0 Å². The topological polar surface area (TPSA) is 0 Å². The van der Waals surface area contributed by atoms with Crippen LogP contribution < -0.4 is 0 Å². The Morgan fingerprint density at radius 2 is 1.80 bits per heavy atom. The van der Waals surface area contributed by atoms with Crippen molar-refractivity contribution in [3.8, 4) is 0 Å². The molecule has 3 rings (SSSR count). The van der Waals surface area contributed by atoms with E-state index in [-0.39, 0.29) is 0 Å². The summed E-state index contributed by atoms with van der Waals surface area (Å²) in [6.07, 6.45) is 2.78. The van der Waals surface area contributed by atoms with Crippen LogP contribution in [0.1, 0.15) is 24.0 Å². The molecule has 1 fully saturated rings. The van der Waals surface area contributed by atoms with Crippen LogP contribution >= 0.6 is 23.5 Å². The van der Waals surface area contributed by atoms with Gasteiger partial charge in [-0.3, -0.25) is 0 Å². The third-order valence-electron chi connectivity index (χ3n) is 3.67. The Balaban J connectivity index is 2.04. The Morgan fingerprint density at radius 1 is 1.00 bits per heavy atom. The minimum Gasteiger partial charge on any atom is -0.162 e. The smallest absolute Gasteiger partial charge is 0.0187 e. The van der Waals surface area contributed by atoms with E-state index in [1.165, 1.54) is 35.9 Å². The molecule has 2 aliphatic heterocycles. The second-order valence-corrected chi connectivity index (χ2v) is 6.75. The summed E-state index contributed by atoms with van der Waals surface area (Å²) in [6.45, 7) is 0. The fraction of sp³-hybridized carbons (Fsp3) is 0.538. The first-order chi connectivity index (χ1) is 7.41. The van der Waals surface area contributed by atoms with E-state index < -0.39 is 0 Å². The van der Waals surface area contributed by atoms with Gasteiger partial charge in [-0.2, -0.15) is 23.5 Å². The average molecular weight is 236 g/mol. The van der Waals surface area contributed by atoms with Crippen LogP contribution in [-0.4, -0.2) is 17.3 Å². The molecule has 1 aromatic rings. The molecule has 0 nitrogen and oxygen atoms in total. The molecule has 1 saturated heterocycles. The Bertz CT molecular complexity index is 353. The molecule has 1 spiro atoms. The van der Waals surface area contributed by atoms with Crippen molar-refractivity contribution >= 4 is 23.5 Å². The number of benzene rings is 1. The zero-order valence-electron chi connectivity index (χ0n) is 8.87. The maximum atomic E-state index is 2.38. The van der Waals surface area contributed by atoms with Gasteiger partial charge in [0.1, 0.15) is 0 Å². The fourth-order valence-electron chi connectivity index (χ4n) is 2.77. The number of hydrogen-bond donors (Lipinski definition) is 0. The summed E-state index contributed by atoms with van der Waals surface area (Å²) in [7, 11) is 0. The zero-order valence-corrected chi connectivity index (χ0v) is 10.5. The van der Waals surface area contributed by atoms with E-state index >= 15 is 0 Å². The number of hydrogen-bond acceptors (Lipinski definition) is 2. The van der Waals surface area contributed by atoms with Crippen molar-refractivity contribution in [1.82, 2.24) is 0 Å². The van der Waals surface area contributed by atoms with E-state index in [9.17, 15) is 0 Å². The summed E-state index contributed by atoms with van der Waals surface area (Å²) in [5.74, 6) is 5.29. The second kappa shape index (κ2) is 4.06. The monoisotopic (exact) mass is 236 g/mol. The van der Waals surface area contributed by atoms with Gasteiger partial charge in [0.15, 0.2) is 0 Å². The van der Waals surface area contributed by atoms with Crippen LogP contribution in [0.15, 0.2) is 24.3 Å². The highest BCUT2D eigenvalue weighted by Crippen LogP contribution is 2.46. The lowest BCUT2D eigenvalue weighted by Gasteiger charge is -2.41. The lowest BCUT2D eigenvalue weighted by atomic mass is 9.75. The van der Waals surface area contributed by atoms with Crippen LogP contribution in [0.3, 0.4) is 0 Å². The summed E-state index contributed by atoms with van der Waals surface area (Å²) >= 11 is 4.26. The molecule has 0 N–H and O–H groups in total. The van der Waals surface area contributed by atoms with Crippen LogP contribution in [0.25, 0.3) is 0 Å². The van der Waals surface area contributed by atoms with Crippen molar-refractivity contribution in [3.05, 3.63) is 35.4 Å². The molecule has 0 atom stereocenters. The Labute approximate surface area is 100 Å². The minimum absolute atomic E-state index is 0.532. The lowest BCUT2D eigenvalue weighted by Crippen LogP contribution is -2.36. The van der Waals surface area contributed by atoms with Crippen LogP contribution in [-0.2, 0) is 11.2 Å². The zero-order chi connectivity index (χ0) is 10.1. The summed E-state index contributed by atoms with van der Waals surface area (Å²) in [5.41, 5.74) is 3.80. The Morgan fingerprint density at radius 3 is 2.67 bits per heavy atom. The summed E-state index contributed by atoms with van der Waals surface area (Å²) in [5, 5.41) is 0. The van der Waals surface area contributed by atoms with Crippen molar-refractivity contribution in [1.29, 1.82) is 0 Å². The Hall–Kier alpha value is -0.0800. The highest BCUT2D eigenvalue weighted by Gasteiger charge is 2.37. The molecule has 0 aliphatic carbocycles. The van der Waals surface area contributed by atoms with E-state index in [4.69, 9.17) is 0 Å². The largest absolute Gasteiger partial charge is 0.162 e. The molecule has 0 unspecified atom stereocenters. The van der Waals surface area contributed by atoms with Gasteiger partial charge in [0.2, 0.25) is 0 Å². The van der Waals surface area contributed by atoms with Gasteiger partial charge in [-0.1, -0.05) is 24.3 Å². The van der Waals surface area contributed by atoms with Gasteiger partial charge in [0.05, 0.1) is 0 Å². The van der Waals surface area contributed by atoms with E-state index in [0.29, 0.717) is 5.41 Å². The Kier molecular flexibility index (Phi) is 2.73. The standard InChI is InChI=1S/C13H16S2/c1-2-4-12-11(3-1)9-15-10-13(12)5-7-14-8-6-13/h1-4H,5-10H2. The van der Waals surface area contributed by atoms with Gasteiger partial charge < -0.3 is 0 Å². The van der Waals surface area contributed by atoms with Gasteiger partial charge >= 0.3 is 0 Å². The molecule has 15 heavy (non-hydrogen) atoms. The normalized spacial score (nSPS) is 23.7. The molecule has 2 heterocycles. The van der Waals surface area contributed by atoms with Gasteiger partial charge in [-0.15, -0.1) is 0 Å². The van der Waals surface area contributed by atoms with Crippen LogP contribution in [0.2, 0.25) is 0 Å². The molecular weight excluding hydrogens is 220 g/mol. The summed E-state index contributed by atoms with van der Waals surface area (Å²) in [4.78, 5) is 0. The van der Waals surface area contributed by atoms with Crippen LogP contribution in [0.4, 0.5) is 0 Å². The SMILES string of the molecule is c1ccc2c(c1)CSCC21CCSCC1. The molecule has 1 aromatic carbocycles. The number of rotatable bonds is 0. The highest BCUT2D eigenvalue weighted by molar-refractivity contribution is 7.99. The van der Waals surface area contributed by atoms with E-state index in [2.05, 4.69) is 47.8 Å². The maximum Gasteiger partial charge on any atom is 0.0187 e. The number of thioether (sulfide) groups is 2. The molecule has 2 aliphatic rings. The molecule has 80 valence electrons. The maximum absolute atomic E-state index is 2.38. The summed E-state index contributed by atoms with van der Waals surface area (Å²) in [6, 6.07) is 9.12. The van der Waals surface area contributed by atoms with Gasteiger partial charge in [-0.05, 0) is 35.5 Å². The third-order valence-corrected chi connectivity index (χ3v) is 5.93. The van der Waals surface area contributed by atoms with Crippen molar-refractivity contribution in [2.45, 2.75) is 24.0 Å². The lowest BCUT2D eigenvalue weighted by molar-refractivity contribution is 0.439. The first-order valence-corrected chi connectivity index (χ1v) is 7.96. The molecule has 2 heteroatoms. The molecule has 0 aromatic heterocycles. The molecule has 0 radical (unpaired) electrons. The quantitative estimate of drug-likeness (QED) is 0.673. The van der Waals surface area contributed by atoms with Crippen molar-refractivity contribution < 1.29 is 0 Å². The van der Waals surface area contributed by atoms with Crippen molar-refractivity contribution in [2.75, 3.05) is 17.3 Å². The third kappa shape index (κ3) is 1.72. The minimum atomic E-state index is 0.532. The second-order valence-electron chi connectivity index (χ2n) is 4.54. The predicted octanol–water partition coefficient (Wildman–Crippen LogP) is 3.70. The molecular formula is C13H16S2. The first kappa shape index (κ1) is 10.1. The molecule has 0 amide bonds. The van der Waals surface area contributed by atoms with E-state index in [0.717, 1.165) is 0 Å². The van der Waals surface area contributed by atoms with Gasteiger partial charge in [-0.25, -0.2) is 0 Å². The van der Waals surface area contributed by atoms with Gasteiger partial charge in [0, 0.05) is 16.9 Å². The number of fused-ring (bicyclic) bond motifs is 2. The van der Waals surface area contributed by atoms with Crippen LogP contribution in [0.5, 0.6) is 0 Å². The van der Waals surface area contributed by atoms with Crippen LogP contribution in [0, 0.1) is 0 Å². The molecule has 0 bridgehead atoms. The first-order valence-electron chi connectivity index (χ1n) is 5.65. The van der Waals surface area contributed by atoms with E-state index in [1.54, 1.807) is 11.1 Å². The highest BCUT2D eigenvalue weighted by atomic mass is 32.2. The summed E-state index contributed by atoms with van der Waals surface area (Å²) < 4.78 is 0. The van der Waals surface area contributed by atoms with E-state index in [1.807, 2.05) is 0 Å². The fourth-order valence-corrected chi connectivity index (χ4v) is 5.46. The predicted molar refractivity (Wildman–Crippen MR) is 70.8 cm³/mol. The van der Waals surface area contributed by atoms with Crippen molar-refractivity contribution in [3.63, 3.8) is 0 Å². The average Bonchev–Trinajstić information content (AvgIpc) is 2.31. The van der Waals surface area contributed by atoms with Gasteiger partial charge in [0.25, 0.3) is 0 Å².